The van der Waals surface area contributed by atoms with Crippen LogP contribution in [0.1, 0.15) is 51.7 Å². The van der Waals surface area contributed by atoms with Crippen molar-refractivity contribution >= 4 is 6.03 Å². The standard InChI is InChI=1S/C19H31N3O2/c1-13-7-8-16(9-14(13)2)24-12-21-17(23)22-18(3,4)10-15(20)11-19(22,5)6/h7-9,15H,10-12,20H2,1-6H3,(H,21,23). The summed E-state index contributed by atoms with van der Waals surface area (Å²) in [5.74, 6) is 0.762. The molecule has 1 aliphatic heterocycles. The molecule has 134 valence electrons. The van der Waals surface area contributed by atoms with Gasteiger partial charge in [-0.2, -0.15) is 0 Å². The second-order valence-electron chi connectivity index (χ2n) is 8.15. The van der Waals surface area contributed by atoms with Gasteiger partial charge in [0, 0.05) is 17.1 Å². The molecule has 2 amide bonds. The van der Waals surface area contributed by atoms with E-state index in [1.165, 1.54) is 11.1 Å². The molecule has 1 aromatic rings. The van der Waals surface area contributed by atoms with Gasteiger partial charge in [0.1, 0.15) is 5.75 Å². The first-order valence-electron chi connectivity index (χ1n) is 8.57. The Morgan fingerprint density at radius 1 is 1.21 bits per heavy atom. The summed E-state index contributed by atoms with van der Waals surface area (Å²) in [7, 11) is 0. The fourth-order valence-corrected chi connectivity index (χ4v) is 3.97. The minimum atomic E-state index is -0.286. The van der Waals surface area contributed by atoms with Crippen LogP contribution in [-0.4, -0.2) is 34.8 Å². The van der Waals surface area contributed by atoms with Gasteiger partial charge in [-0.25, -0.2) is 4.79 Å². The van der Waals surface area contributed by atoms with Crippen molar-refractivity contribution in [2.75, 3.05) is 6.73 Å². The number of aryl methyl sites for hydroxylation is 2. The highest BCUT2D eigenvalue weighted by atomic mass is 16.5. The Labute approximate surface area is 145 Å². The number of carbonyl (C=O) groups excluding carboxylic acids is 1. The normalized spacial score (nSPS) is 19.9. The van der Waals surface area contributed by atoms with Crippen LogP contribution in [0.15, 0.2) is 18.2 Å². The van der Waals surface area contributed by atoms with Gasteiger partial charge in [0.15, 0.2) is 6.73 Å². The monoisotopic (exact) mass is 333 g/mol. The topological polar surface area (TPSA) is 67.6 Å². The molecule has 1 aliphatic rings. The molecule has 1 heterocycles. The predicted molar refractivity (Wildman–Crippen MR) is 97.1 cm³/mol. The molecule has 0 aromatic heterocycles. The number of hydrogen-bond donors (Lipinski definition) is 2. The van der Waals surface area contributed by atoms with Gasteiger partial charge in [-0.1, -0.05) is 6.07 Å². The summed E-state index contributed by atoms with van der Waals surface area (Å²) in [6.07, 6.45) is 1.59. The zero-order chi connectivity index (χ0) is 18.1. The summed E-state index contributed by atoms with van der Waals surface area (Å²) in [6, 6.07) is 5.93. The third kappa shape index (κ3) is 4.01. The number of amides is 2. The van der Waals surface area contributed by atoms with Crippen LogP contribution in [-0.2, 0) is 0 Å². The number of hydrogen-bond acceptors (Lipinski definition) is 3. The van der Waals surface area contributed by atoms with E-state index in [0.717, 1.165) is 18.6 Å². The lowest BCUT2D eigenvalue weighted by Gasteiger charge is -2.54. The molecule has 0 radical (unpaired) electrons. The summed E-state index contributed by atoms with van der Waals surface area (Å²) < 4.78 is 5.68. The molecule has 0 atom stereocenters. The minimum absolute atomic E-state index is 0.110. The summed E-state index contributed by atoms with van der Waals surface area (Å²) in [6.45, 7) is 12.5. The van der Waals surface area contributed by atoms with Crippen LogP contribution >= 0.6 is 0 Å². The van der Waals surface area contributed by atoms with Crippen LogP contribution in [0.2, 0.25) is 0 Å². The second kappa shape index (κ2) is 6.63. The second-order valence-corrected chi connectivity index (χ2v) is 8.15. The summed E-state index contributed by atoms with van der Waals surface area (Å²) >= 11 is 0. The number of ether oxygens (including phenoxy) is 1. The molecule has 0 unspecified atom stereocenters. The molecular formula is C19H31N3O2. The van der Waals surface area contributed by atoms with Crippen LogP contribution in [0.5, 0.6) is 5.75 Å². The average molecular weight is 333 g/mol. The Morgan fingerprint density at radius 2 is 1.79 bits per heavy atom. The molecule has 0 spiro atoms. The van der Waals surface area contributed by atoms with Crippen LogP contribution in [0.4, 0.5) is 4.79 Å². The van der Waals surface area contributed by atoms with E-state index in [0.29, 0.717) is 0 Å². The number of nitrogens with one attached hydrogen (secondary N) is 1. The molecule has 2 rings (SSSR count). The molecule has 0 aliphatic carbocycles. The smallest absolute Gasteiger partial charge is 0.320 e. The first kappa shape index (κ1) is 18.6. The van der Waals surface area contributed by atoms with E-state index in [-0.39, 0.29) is 29.9 Å². The highest BCUT2D eigenvalue weighted by Crippen LogP contribution is 2.37. The first-order chi connectivity index (χ1) is 11.0. The number of piperidine rings is 1. The van der Waals surface area contributed by atoms with Crippen molar-refractivity contribution in [1.82, 2.24) is 10.2 Å². The molecule has 5 heteroatoms. The van der Waals surface area contributed by atoms with Crippen LogP contribution < -0.4 is 15.8 Å². The summed E-state index contributed by atoms with van der Waals surface area (Å²) in [5.41, 5.74) is 7.99. The van der Waals surface area contributed by atoms with Crippen molar-refractivity contribution in [2.45, 2.75) is 71.5 Å². The fourth-order valence-electron chi connectivity index (χ4n) is 3.97. The Bertz CT molecular complexity index is 593. The summed E-state index contributed by atoms with van der Waals surface area (Å²) in [5, 5.41) is 2.88. The van der Waals surface area contributed by atoms with Crippen LogP contribution in [0, 0.1) is 13.8 Å². The number of rotatable bonds is 3. The average Bonchev–Trinajstić information content (AvgIpc) is 2.39. The summed E-state index contributed by atoms with van der Waals surface area (Å²) in [4.78, 5) is 14.7. The Morgan fingerprint density at radius 3 is 2.33 bits per heavy atom. The van der Waals surface area contributed by atoms with Gasteiger partial charge < -0.3 is 20.7 Å². The molecular weight excluding hydrogens is 302 g/mol. The molecule has 5 nitrogen and oxygen atoms in total. The van der Waals surface area contributed by atoms with Gasteiger partial charge >= 0.3 is 6.03 Å². The van der Waals surface area contributed by atoms with Gasteiger partial charge in [-0.3, -0.25) is 0 Å². The number of urea groups is 1. The van der Waals surface area contributed by atoms with Gasteiger partial charge in [0.25, 0.3) is 0 Å². The van der Waals surface area contributed by atoms with Crippen molar-refractivity contribution in [2.24, 2.45) is 5.73 Å². The predicted octanol–water partition coefficient (Wildman–Crippen LogP) is 3.33. The van der Waals surface area contributed by atoms with E-state index < -0.39 is 0 Å². The first-order valence-corrected chi connectivity index (χ1v) is 8.57. The van der Waals surface area contributed by atoms with E-state index in [9.17, 15) is 4.79 Å². The maximum Gasteiger partial charge on any atom is 0.320 e. The van der Waals surface area contributed by atoms with Gasteiger partial charge in [-0.05, 0) is 77.6 Å². The number of nitrogens with two attached hydrogens (primary N) is 1. The maximum atomic E-state index is 12.7. The van der Waals surface area contributed by atoms with E-state index in [1.54, 1.807) is 0 Å². The van der Waals surface area contributed by atoms with Gasteiger partial charge in [-0.15, -0.1) is 0 Å². The Kier molecular flexibility index (Phi) is 5.14. The molecule has 3 N–H and O–H groups in total. The number of benzene rings is 1. The lowest BCUT2D eigenvalue weighted by molar-refractivity contribution is 0.00145. The van der Waals surface area contributed by atoms with Crippen LogP contribution in [0.25, 0.3) is 0 Å². The van der Waals surface area contributed by atoms with Crippen molar-refractivity contribution in [3.05, 3.63) is 29.3 Å². The maximum absolute atomic E-state index is 12.7. The molecule has 1 saturated heterocycles. The third-order valence-corrected chi connectivity index (χ3v) is 4.88. The number of carbonyl (C=O) groups is 1. The SMILES string of the molecule is Cc1ccc(OCNC(=O)N2C(C)(C)CC(N)CC2(C)C)cc1C. The quantitative estimate of drug-likeness (QED) is 0.834. The number of nitrogens with zero attached hydrogens (tertiary/aromatic N) is 1. The third-order valence-electron chi connectivity index (χ3n) is 4.88. The van der Waals surface area contributed by atoms with E-state index in [2.05, 4.69) is 39.9 Å². The van der Waals surface area contributed by atoms with E-state index in [4.69, 9.17) is 10.5 Å². The Hall–Kier alpha value is -1.75. The van der Waals surface area contributed by atoms with E-state index in [1.807, 2.05) is 30.0 Å². The van der Waals surface area contributed by atoms with Crippen molar-refractivity contribution < 1.29 is 9.53 Å². The Balaban J connectivity index is 1.99. The highest BCUT2D eigenvalue weighted by Gasteiger charge is 2.46. The lowest BCUT2D eigenvalue weighted by Crippen LogP contribution is -2.67. The van der Waals surface area contributed by atoms with Crippen molar-refractivity contribution in [3.63, 3.8) is 0 Å². The molecule has 24 heavy (non-hydrogen) atoms. The fraction of sp³-hybridized carbons (Fsp3) is 0.632. The van der Waals surface area contributed by atoms with Gasteiger partial charge in [0.2, 0.25) is 0 Å². The molecule has 1 aromatic carbocycles. The molecule has 1 fully saturated rings. The van der Waals surface area contributed by atoms with Crippen molar-refractivity contribution in [1.29, 1.82) is 0 Å². The van der Waals surface area contributed by atoms with E-state index >= 15 is 0 Å². The number of likely N-dealkylation sites (tertiary alicyclic amines) is 1. The van der Waals surface area contributed by atoms with Crippen LogP contribution in [0.3, 0.4) is 0 Å². The van der Waals surface area contributed by atoms with Gasteiger partial charge in [0.05, 0.1) is 0 Å². The zero-order valence-corrected chi connectivity index (χ0v) is 15.8. The largest absolute Gasteiger partial charge is 0.473 e. The zero-order valence-electron chi connectivity index (χ0n) is 15.8. The minimum Gasteiger partial charge on any atom is -0.473 e. The highest BCUT2D eigenvalue weighted by molar-refractivity contribution is 5.76. The molecule has 0 saturated carbocycles. The lowest BCUT2D eigenvalue weighted by atomic mass is 9.77. The molecule has 0 bridgehead atoms. The van der Waals surface area contributed by atoms with Crippen molar-refractivity contribution in [3.8, 4) is 5.75 Å².